The molecule has 4 nitrogen and oxygen atoms in total. The summed E-state index contributed by atoms with van der Waals surface area (Å²) in [4.78, 5) is 0. The lowest BCUT2D eigenvalue weighted by Gasteiger charge is -2.33. The minimum atomic E-state index is -0.355. The van der Waals surface area contributed by atoms with E-state index < -0.39 is 0 Å². The highest BCUT2D eigenvalue weighted by Crippen LogP contribution is 2.46. The first-order chi connectivity index (χ1) is 32.2. The van der Waals surface area contributed by atoms with E-state index in [4.69, 9.17) is 9.39 Å². The molecule has 0 N–H and O–H groups in total. The summed E-state index contributed by atoms with van der Waals surface area (Å²) in [5.41, 5.74) is 18.4. The van der Waals surface area contributed by atoms with E-state index in [9.17, 15) is 0 Å². The third-order valence-corrected chi connectivity index (χ3v) is 14.1. The highest BCUT2D eigenvalue weighted by Gasteiger charge is 2.41. The van der Waals surface area contributed by atoms with Gasteiger partial charge < -0.3 is 18.4 Å². The van der Waals surface area contributed by atoms with Crippen LogP contribution in [-0.4, -0.2) is 15.9 Å². The highest BCUT2D eigenvalue weighted by molar-refractivity contribution is 6.84. The first-order valence-electron chi connectivity index (χ1n) is 22.4. The van der Waals surface area contributed by atoms with Crippen molar-refractivity contribution >= 4 is 77.7 Å². The summed E-state index contributed by atoms with van der Waals surface area (Å²) >= 11 is 0. The SMILES string of the molecule is c1ccc2c(c1)OB1c3cc(-c4ccccc4-c4cc5c6ccccc6n6c7ccccc7c(c4)c56)ccc3Oc3cc(-c4ccccc4-n4c5ccccc5c5ccccc54)cc-2c31. The fourth-order valence-corrected chi connectivity index (χ4v) is 11.4. The van der Waals surface area contributed by atoms with Gasteiger partial charge in [-0.1, -0.05) is 146 Å². The first-order valence-corrected chi connectivity index (χ1v) is 22.4. The Morgan fingerprint density at radius 1 is 0.338 bits per heavy atom. The van der Waals surface area contributed by atoms with Crippen LogP contribution in [0.1, 0.15) is 0 Å². The van der Waals surface area contributed by atoms with Gasteiger partial charge in [-0.3, -0.25) is 0 Å². The van der Waals surface area contributed by atoms with Crippen molar-refractivity contribution in [2.75, 3.05) is 0 Å². The predicted octanol–water partition coefficient (Wildman–Crippen LogP) is 14.2. The van der Waals surface area contributed by atoms with Gasteiger partial charge in [0.25, 0.3) is 0 Å². The van der Waals surface area contributed by atoms with Crippen molar-refractivity contribution in [2.24, 2.45) is 0 Å². The Bertz CT molecular complexity index is 4020. The normalized spacial score (nSPS) is 12.8. The van der Waals surface area contributed by atoms with Gasteiger partial charge in [-0.15, -0.1) is 0 Å². The van der Waals surface area contributed by atoms with Gasteiger partial charge in [-0.05, 0) is 100 Å². The van der Waals surface area contributed by atoms with Gasteiger partial charge in [-0.2, -0.15) is 0 Å². The standard InChI is InChI=1S/C60H35BN2O2/c1-2-16-40(37-32-48-44-20-6-12-26-54(44)63-55-27-13-7-21-45(55)49(33-37)60(48)63)39(15-1)36-29-30-57-50(34-36)61-59-47(46-22-8-14-28-56(46)65-61)31-38(35-58(59)64-57)41-17-3-9-23-51(41)62-52-24-10-4-18-42(52)43-19-5-11-25-53(43)62/h1-35H. The number of benzene rings is 10. The van der Waals surface area contributed by atoms with Crippen molar-refractivity contribution in [2.45, 2.75) is 0 Å². The zero-order chi connectivity index (χ0) is 42.3. The molecule has 10 aromatic carbocycles. The lowest BCUT2D eigenvalue weighted by molar-refractivity contribution is 0.479. The lowest BCUT2D eigenvalue weighted by Crippen LogP contribution is -2.53. The molecule has 0 aliphatic carbocycles. The third-order valence-electron chi connectivity index (χ3n) is 14.1. The van der Waals surface area contributed by atoms with E-state index in [0.29, 0.717) is 0 Å². The van der Waals surface area contributed by atoms with Crippen LogP contribution in [0.15, 0.2) is 212 Å². The average Bonchev–Trinajstić information content (AvgIpc) is 4.01. The quantitative estimate of drug-likeness (QED) is 0.165. The number of ether oxygens (including phenoxy) is 1. The molecular weight excluding hydrogens is 791 g/mol. The fourth-order valence-electron chi connectivity index (χ4n) is 11.4. The maximum atomic E-state index is 7.06. The molecule has 0 radical (unpaired) electrons. The third kappa shape index (κ3) is 4.81. The van der Waals surface area contributed by atoms with Gasteiger partial charge in [-0.25, -0.2) is 0 Å². The Balaban J connectivity index is 0.892. The maximum Gasteiger partial charge on any atom is 0.434 e. The molecule has 0 unspecified atom stereocenters. The number of nitrogens with zero attached hydrogens (tertiary/aromatic N) is 2. The van der Waals surface area contributed by atoms with Gasteiger partial charge in [0, 0.05) is 54.4 Å². The van der Waals surface area contributed by atoms with Crippen molar-refractivity contribution in [3.63, 3.8) is 0 Å². The zero-order valence-corrected chi connectivity index (χ0v) is 35.0. The first kappa shape index (κ1) is 35.0. The van der Waals surface area contributed by atoms with Crippen LogP contribution in [-0.2, 0) is 0 Å². The van der Waals surface area contributed by atoms with E-state index in [-0.39, 0.29) is 6.92 Å². The number of para-hydroxylation sites is 6. The maximum absolute atomic E-state index is 7.06. The molecule has 0 spiro atoms. The molecule has 13 aromatic rings. The molecule has 15 rings (SSSR count). The molecule has 0 saturated carbocycles. The summed E-state index contributed by atoms with van der Waals surface area (Å²) in [6.07, 6.45) is 0. The molecular formula is C60H35BN2O2. The molecule has 0 bridgehead atoms. The smallest absolute Gasteiger partial charge is 0.434 e. The van der Waals surface area contributed by atoms with E-state index >= 15 is 0 Å². The molecule has 5 heterocycles. The second kappa shape index (κ2) is 13.0. The van der Waals surface area contributed by atoms with Gasteiger partial charge in [0.05, 0.1) is 33.3 Å². The van der Waals surface area contributed by atoms with Crippen molar-refractivity contribution in [1.82, 2.24) is 8.97 Å². The van der Waals surface area contributed by atoms with Crippen LogP contribution in [0.25, 0.3) is 110 Å². The highest BCUT2D eigenvalue weighted by atomic mass is 16.5. The van der Waals surface area contributed by atoms with Gasteiger partial charge in [0.15, 0.2) is 0 Å². The summed E-state index contributed by atoms with van der Waals surface area (Å²) in [7, 11) is 0. The molecule has 3 aromatic heterocycles. The molecule has 0 atom stereocenters. The molecule has 5 heteroatoms. The number of hydrogen-bond acceptors (Lipinski definition) is 2. The van der Waals surface area contributed by atoms with Crippen LogP contribution >= 0.6 is 0 Å². The van der Waals surface area contributed by atoms with Crippen molar-refractivity contribution in [1.29, 1.82) is 0 Å². The van der Waals surface area contributed by atoms with Crippen molar-refractivity contribution in [3.8, 4) is 67.4 Å². The molecule has 300 valence electrons. The predicted molar refractivity (Wildman–Crippen MR) is 269 cm³/mol. The monoisotopic (exact) mass is 826 g/mol. The van der Waals surface area contributed by atoms with Crippen LogP contribution in [0.5, 0.6) is 17.2 Å². The van der Waals surface area contributed by atoms with E-state index in [1.807, 2.05) is 0 Å². The molecule has 0 saturated heterocycles. The topological polar surface area (TPSA) is 27.8 Å². The van der Waals surface area contributed by atoms with E-state index in [0.717, 1.165) is 67.2 Å². The van der Waals surface area contributed by atoms with Crippen molar-refractivity contribution in [3.05, 3.63) is 212 Å². The Morgan fingerprint density at radius 3 is 1.54 bits per heavy atom. The zero-order valence-electron chi connectivity index (χ0n) is 35.0. The average molecular weight is 827 g/mol. The molecule has 0 amide bonds. The summed E-state index contributed by atoms with van der Waals surface area (Å²) in [5.74, 6) is 2.50. The van der Waals surface area contributed by atoms with Crippen LogP contribution in [0.3, 0.4) is 0 Å². The largest absolute Gasteiger partial charge is 0.551 e. The number of rotatable bonds is 4. The Morgan fingerprint density at radius 2 is 0.862 bits per heavy atom. The van der Waals surface area contributed by atoms with E-state index in [1.54, 1.807) is 0 Å². The molecule has 65 heavy (non-hydrogen) atoms. The Hall–Kier alpha value is -8.54. The van der Waals surface area contributed by atoms with Crippen molar-refractivity contribution < 1.29 is 9.39 Å². The summed E-state index contributed by atoms with van der Waals surface area (Å²) in [6.45, 7) is -0.355. The van der Waals surface area contributed by atoms with Crippen LogP contribution in [0.2, 0.25) is 0 Å². The van der Waals surface area contributed by atoms with Gasteiger partial charge in [0.2, 0.25) is 0 Å². The summed E-state index contributed by atoms with van der Waals surface area (Å²) < 4.78 is 18.9. The lowest BCUT2D eigenvalue weighted by atomic mass is 9.50. The second-order valence-corrected chi connectivity index (χ2v) is 17.5. The second-order valence-electron chi connectivity index (χ2n) is 17.5. The minimum Gasteiger partial charge on any atom is -0.551 e. The Labute approximate surface area is 374 Å². The fraction of sp³-hybridized carbons (Fsp3) is 0. The molecule has 0 fully saturated rings. The Kier molecular flexibility index (Phi) is 7.00. The van der Waals surface area contributed by atoms with Crippen LogP contribution in [0, 0.1) is 0 Å². The summed E-state index contributed by atoms with van der Waals surface area (Å²) in [6, 6.07) is 77.0. The number of aromatic nitrogens is 2. The van der Waals surface area contributed by atoms with Crippen LogP contribution < -0.4 is 20.3 Å². The van der Waals surface area contributed by atoms with Crippen LogP contribution in [0.4, 0.5) is 0 Å². The van der Waals surface area contributed by atoms with Gasteiger partial charge >= 0.3 is 6.92 Å². The van der Waals surface area contributed by atoms with Gasteiger partial charge in [0.1, 0.15) is 17.2 Å². The molecule has 2 aliphatic heterocycles. The van der Waals surface area contributed by atoms with E-state index in [1.165, 1.54) is 71.0 Å². The van der Waals surface area contributed by atoms with E-state index in [2.05, 4.69) is 221 Å². The number of fused-ring (bicyclic) bond motifs is 13. The molecule has 2 aliphatic rings. The minimum absolute atomic E-state index is 0.355. The summed E-state index contributed by atoms with van der Waals surface area (Å²) in [5, 5.41) is 7.56. The number of hydrogen-bond donors (Lipinski definition) is 0.